The number of pyridine rings is 2. The lowest BCUT2D eigenvalue weighted by Crippen LogP contribution is -2.20. The summed E-state index contributed by atoms with van der Waals surface area (Å²) < 4.78 is 5.43. The van der Waals surface area contributed by atoms with E-state index in [0.717, 1.165) is 83.7 Å². The first-order chi connectivity index (χ1) is 19.1. The average molecular weight is 548 g/mol. The minimum atomic E-state index is 0.417. The molecule has 0 spiro atoms. The number of ether oxygens (including phenoxy) is 1. The van der Waals surface area contributed by atoms with Crippen LogP contribution in [-0.2, 0) is 13.1 Å². The molecule has 4 aromatic rings. The van der Waals surface area contributed by atoms with Gasteiger partial charge < -0.3 is 15.2 Å². The zero-order valence-electron chi connectivity index (χ0n) is 23.1. The van der Waals surface area contributed by atoms with E-state index in [4.69, 9.17) is 26.3 Å². The number of benzene rings is 2. The van der Waals surface area contributed by atoms with Crippen molar-refractivity contribution >= 4 is 44.9 Å². The van der Waals surface area contributed by atoms with Crippen LogP contribution in [0.1, 0.15) is 50.7 Å². The van der Waals surface area contributed by atoms with Gasteiger partial charge in [-0.05, 0) is 88.3 Å². The van der Waals surface area contributed by atoms with Gasteiger partial charge in [0.1, 0.15) is 11.3 Å². The predicted molar refractivity (Wildman–Crippen MR) is 160 cm³/mol. The third-order valence-electron chi connectivity index (χ3n) is 7.49. The van der Waals surface area contributed by atoms with Gasteiger partial charge in [0.25, 0.3) is 0 Å². The number of fused-ring (bicyclic) bond motifs is 2. The van der Waals surface area contributed by atoms with Crippen LogP contribution in [0.3, 0.4) is 0 Å². The van der Waals surface area contributed by atoms with Crippen molar-refractivity contribution < 1.29 is 9.84 Å². The van der Waals surface area contributed by atoms with E-state index in [2.05, 4.69) is 27.2 Å². The molecule has 8 heteroatoms. The fourth-order valence-electron chi connectivity index (χ4n) is 5.60. The average Bonchev–Trinajstić information content (AvgIpc) is 3.66. The van der Waals surface area contributed by atoms with Crippen LogP contribution in [0.15, 0.2) is 42.5 Å². The number of nitrogens with one attached hydrogen (secondary N) is 1. The number of methoxy groups -OCH3 is 1. The van der Waals surface area contributed by atoms with Gasteiger partial charge in [-0.1, -0.05) is 25.4 Å². The number of aromatic nitrogens is 2. The maximum atomic E-state index is 11.3. The first kappa shape index (κ1) is 27.4. The van der Waals surface area contributed by atoms with Gasteiger partial charge in [-0.3, -0.25) is 9.80 Å². The number of phenols is 1. The number of hydrogen-bond acceptors (Lipinski definition) is 7. The predicted octanol–water partition coefficient (Wildman–Crippen LogP) is 7.11. The lowest BCUT2D eigenvalue weighted by Gasteiger charge is -2.22. The SMILES string of the molecule is CC.COc1ccc2nc3cc(Cl)ccc3c(Nc3cc(CN4CCCC4)c(O)c(CN4CCCC4)c3)c2n1. The number of hydrogen-bond donors (Lipinski definition) is 2. The van der Waals surface area contributed by atoms with E-state index >= 15 is 0 Å². The number of anilines is 2. The van der Waals surface area contributed by atoms with Crippen molar-refractivity contribution in [2.75, 3.05) is 38.6 Å². The zero-order valence-corrected chi connectivity index (χ0v) is 23.9. The van der Waals surface area contributed by atoms with Gasteiger partial charge in [-0.25, -0.2) is 9.97 Å². The van der Waals surface area contributed by atoms with Crippen molar-refractivity contribution in [2.24, 2.45) is 0 Å². The van der Waals surface area contributed by atoms with Crippen molar-refractivity contribution in [2.45, 2.75) is 52.6 Å². The molecule has 0 bridgehead atoms. The molecule has 0 radical (unpaired) electrons. The standard InChI is InChI=1S/C29H32ClN5O2.C2H6/c1-37-26-9-8-24-28(33-26)27(23-7-6-21(30)16-25(23)32-24)31-22-14-19(17-34-10-2-3-11-34)29(36)20(15-22)18-35-12-4-5-13-35;1-2/h6-9,14-16,36H,2-5,10-13,17-18H2,1H3,(H,31,32);1-2H3. The summed E-state index contributed by atoms with van der Waals surface area (Å²) in [4.78, 5) is 14.4. The van der Waals surface area contributed by atoms with Crippen LogP contribution in [0.25, 0.3) is 21.9 Å². The van der Waals surface area contributed by atoms with Gasteiger partial charge in [0, 0.05) is 46.4 Å². The summed E-state index contributed by atoms with van der Waals surface area (Å²) in [5.41, 5.74) is 5.96. The maximum Gasteiger partial charge on any atom is 0.213 e. The summed E-state index contributed by atoms with van der Waals surface area (Å²) in [6.07, 6.45) is 4.85. The Kier molecular flexibility index (Phi) is 8.70. The van der Waals surface area contributed by atoms with Crippen LogP contribution in [0, 0.1) is 0 Å². The van der Waals surface area contributed by atoms with Crippen molar-refractivity contribution in [3.05, 3.63) is 58.6 Å². The van der Waals surface area contributed by atoms with Crippen LogP contribution >= 0.6 is 11.6 Å². The fourth-order valence-corrected chi connectivity index (χ4v) is 5.76. The monoisotopic (exact) mass is 547 g/mol. The summed E-state index contributed by atoms with van der Waals surface area (Å²) in [6.45, 7) is 9.78. The molecular formula is C31H38ClN5O2. The molecule has 0 atom stereocenters. The van der Waals surface area contributed by atoms with Crippen molar-refractivity contribution in [1.29, 1.82) is 0 Å². The Morgan fingerprint density at radius 3 is 2.05 bits per heavy atom. The maximum absolute atomic E-state index is 11.3. The van der Waals surface area contributed by atoms with E-state index in [1.54, 1.807) is 7.11 Å². The third-order valence-corrected chi connectivity index (χ3v) is 7.72. The van der Waals surface area contributed by atoms with Crippen molar-refractivity contribution in [3.8, 4) is 11.6 Å². The number of rotatable bonds is 7. The van der Waals surface area contributed by atoms with Gasteiger partial charge in [-0.15, -0.1) is 0 Å². The molecule has 2 aromatic heterocycles. The minimum Gasteiger partial charge on any atom is -0.507 e. The Bertz CT molecular complexity index is 1410. The molecule has 4 heterocycles. The molecule has 0 aliphatic carbocycles. The largest absolute Gasteiger partial charge is 0.507 e. The van der Waals surface area contributed by atoms with E-state index in [1.165, 1.54) is 25.7 Å². The summed E-state index contributed by atoms with van der Waals surface area (Å²) in [7, 11) is 1.62. The summed E-state index contributed by atoms with van der Waals surface area (Å²) >= 11 is 6.32. The molecule has 2 N–H and O–H groups in total. The molecule has 0 amide bonds. The number of halogens is 1. The smallest absolute Gasteiger partial charge is 0.213 e. The summed E-state index contributed by atoms with van der Waals surface area (Å²) in [5, 5.41) is 16.5. The highest BCUT2D eigenvalue weighted by Crippen LogP contribution is 2.37. The van der Waals surface area contributed by atoms with E-state index in [9.17, 15) is 5.11 Å². The zero-order chi connectivity index (χ0) is 27.4. The van der Waals surface area contributed by atoms with Crippen LogP contribution < -0.4 is 10.1 Å². The molecule has 2 fully saturated rings. The second-order valence-corrected chi connectivity index (χ2v) is 10.5. The molecular weight excluding hydrogens is 510 g/mol. The molecule has 2 aliphatic rings. The van der Waals surface area contributed by atoms with Gasteiger partial charge in [0.2, 0.25) is 5.88 Å². The lowest BCUT2D eigenvalue weighted by atomic mass is 10.0. The molecule has 39 heavy (non-hydrogen) atoms. The third kappa shape index (κ3) is 6.06. The second-order valence-electron chi connectivity index (χ2n) is 10.1. The van der Waals surface area contributed by atoms with E-state index in [0.29, 0.717) is 16.7 Å². The fraction of sp³-hybridized carbons (Fsp3) is 0.419. The number of aromatic hydroxyl groups is 1. The van der Waals surface area contributed by atoms with Crippen LogP contribution in [0.2, 0.25) is 5.02 Å². The Morgan fingerprint density at radius 1 is 0.846 bits per heavy atom. The highest BCUT2D eigenvalue weighted by molar-refractivity contribution is 6.31. The first-order valence-corrected chi connectivity index (χ1v) is 14.5. The molecule has 206 valence electrons. The van der Waals surface area contributed by atoms with Gasteiger partial charge >= 0.3 is 0 Å². The Balaban J connectivity index is 0.00000151. The van der Waals surface area contributed by atoms with E-state index in [1.807, 2.05) is 44.2 Å². The van der Waals surface area contributed by atoms with Gasteiger partial charge in [-0.2, -0.15) is 0 Å². The van der Waals surface area contributed by atoms with E-state index in [-0.39, 0.29) is 0 Å². The summed E-state index contributed by atoms with van der Waals surface area (Å²) in [5.74, 6) is 0.946. The number of nitrogens with zero attached hydrogens (tertiary/aromatic N) is 4. The van der Waals surface area contributed by atoms with E-state index < -0.39 is 0 Å². The molecule has 0 saturated carbocycles. The number of phenolic OH excluding ortho intramolecular Hbond substituents is 1. The van der Waals surface area contributed by atoms with Gasteiger partial charge in [0.15, 0.2) is 0 Å². The summed E-state index contributed by atoms with van der Waals surface area (Å²) in [6, 6.07) is 13.6. The molecule has 2 aromatic carbocycles. The highest BCUT2D eigenvalue weighted by Gasteiger charge is 2.21. The quantitative estimate of drug-likeness (QED) is 0.188. The Morgan fingerprint density at radius 2 is 1.46 bits per heavy atom. The first-order valence-electron chi connectivity index (χ1n) is 14.1. The number of likely N-dealkylation sites (tertiary alicyclic amines) is 2. The van der Waals surface area contributed by atoms with Crippen LogP contribution in [0.4, 0.5) is 11.4 Å². The molecule has 0 unspecified atom stereocenters. The molecule has 6 rings (SSSR count). The van der Waals surface area contributed by atoms with Crippen LogP contribution in [-0.4, -0.2) is 58.2 Å². The van der Waals surface area contributed by atoms with Crippen LogP contribution in [0.5, 0.6) is 11.6 Å². The lowest BCUT2D eigenvalue weighted by molar-refractivity contribution is 0.312. The topological polar surface area (TPSA) is 73.8 Å². The normalized spacial score (nSPS) is 16.0. The second kappa shape index (κ2) is 12.4. The highest BCUT2D eigenvalue weighted by atomic mass is 35.5. The van der Waals surface area contributed by atoms with Crippen molar-refractivity contribution in [3.63, 3.8) is 0 Å². The molecule has 2 aliphatic heterocycles. The Hall–Kier alpha value is -3.13. The minimum absolute atomic E-state index is 0.417. The molecule has 2 saturated heterocycles. The molecule has 7 nitrogen and oxygen atoms in total. The van der Waals surface area contributed by atoms with Crippen molar-refractivity contribution in [1.82, 2.24) is 19.8 Å². The van der Waals surface area contributed by atoms with Gasteiger partial charge in [0.05, 0.1) is 23.8 Å². The Labute approximate surface area is 235 Å².